The van der Waals surface area contributed by atoms with Crippen molar-refractivity contribution in [1.29, 1.82) is 0 Å². The number of ether oxygens (including phenoxy) is 1. The third kappa shape index (κ3) is 6.34. The number of halogens is 3. The van der Waals surface area contributed by atoms with Crippen LogP contribution in [0.4, 0.5) is 8.78 Å². The molecule has 0 bridgehead atoms. The lowest BCUT2D eigenvalue weighted by Gasteiger charge is -2.10. The lowest BCUT2D eigenvalue weighted by atomic mass is 10.2. The second-order valence-corrected chi connectivity index (χ2v) is 5.78. The molecule has 0 spiro atoms. The Morgan fingerprint density at radius 2 is 2.00 bits per heavy atom. The van der Waals surface area contributed by atoms with Gasteiger partial charge in [-0.25, -0.2) is 8.78 Å². The summed E-state index contributed by atoms with van der Waals surface area (Å²) in [5, 5.41) is 4.95. The first-order valence-corrected chi connectivity index (χ1v) is 8.18. The molecule has 9 heteroatoms. The number of pyridine rings is 1. The van der Waals surface area contributed by atoms with Crippen LogP contribution in [0.1, 0.15) is 16.8 Å². The van der Waals surface area contributed by atoms with Gasteiger partial charge in [0.1, 0.15) is 11.6 Å². The van der Waals surface area contributed by atoms with E-state index in [9.17, 15) is 18.4 Å². The molecule has 0 aliphatic heterocycles. The predicted molar refractivity (Wildman–Crippen MR) is 95.3 cm³/mol. The fourth-order valence-electron chi connectivity index (χ4n) is 1.97. The minimum atomic E-state index is -0.744. The summed E-state index contributed by atoms with van der Waals surface area (Å²) >= 11 is 5.55. The molecule has 2 aromatic rings. The van der Waals surface area contributed by atoms with Crippen LogP contribution in [-0.4, -0.2) is 29.9 Å². The van der Waals surface area contributed by atoms with Gasteiger partial charge in [-0.15, -0.1) is 0 Å². The molecular formula is C18H16ClF2N3O3. The molecule has 0 saturated heterocycles. The fraction of sp³-hybridized carbons (Fsp3) is 0.167. The Kier molecular flexibility index (Phi) is 7.25. The third-order valence-corrected chi connectivity index (χ3v) is 3.62. The van der Waals surface area contributed by atoms with Gasteiger partial charge in [0.25, 0.3) is 11.8 Å². The first kappa shape index (κ1) is 20.3. The summed E-state index contributed by atoms with van der Waals surface area (Å²) in [6.07, 6.45) is 2.47. The minimum absolute atomic E-state index is 0.0426. The molecular weight excluding hydrogens is 380 g/mol. The highest BCUT2D eigenvalue weighted by atomic mass is 35.5. The summed E-state index contributed by atoms with van der Waals surface area (Å²) in [5.41, 5.74) is 0.149. The van der Waals surface area contributed by atoms with Crippen LogP contribution in [0.15, 0.2) is 48.9 Å². The van der Waals surface area contributed by atoms with Gasteiger partial charge in [-0.2, -0.15) is 0 Å². The second kappa shape index (κ2) is 9.63. The van der Waals surface area contributed by atoms with Crippen LogP contribution in [0, 0.1) is 11.6 Å². The van der Waals surface area contributed by atoms with E-state index in [4.69, 9.17) is 16.3 Å². The summed E-state index contributed by atoms with van der Waals surface area (Å²) in [4.78, 5) is 27.2. The Bertz CT molecular complexity index is 861. The Hall–Kier alpha value is -3.00. The van der Waals surface area contributed by atoms with Crippen molar-refractivity contribution in [3.63, 3.8) is 0 Å². The first-order valence-electron chi connectivity index (χ1n) is 7.80. The van der Waals surface area contributed by atoms with Crippen molar-refractivity contribution in [2.75, 3.05) is 13.2 Å². The SMILES string of the molecule is C=C(CCNC(=O)COc1ccc(Cl)c(F)c1)NC(=O)c1ccncc1F. The molecule has 1 aromatic carbocycles. The predicted octanol–water partition coefficient (Wildman–Crippen LogP) is 2.84. The molecule has 1 heterocycles. The Morgan fingerprint density at radius 1 is 1.22 bits per heavy atom. The van der Waals surface area contributed by atoms with Crippen LogP contribution < -0.4 is 15.4 Å². The maximum atomic E-state index is 13.5. The van der Waals surface area contributed by atoms with Crippen molar-refractivity contribution in [2.24, 2.45) is 0 Å². The van der Waals surface area contributed by atoms with Gasteiger partial charge in [-0.3, -0.25) is 14.6 Å². The van der Waals surface area contributed by atoms with E-state index < -0.39 is 23.4 Å². The zero-order valence-corrected chi connectivity index (χ0v) is 14.9. The number of hydrogen-bond acceptors (Lipinski definition) is 4. The highest BCUT2D eigenvalue weighted by Crippen LogP contribution is 2.20. The monoisotopic (exact) mass is 395 g/mol. The zero-order chi connectivity index (χ0) is 19.8. The van der Waals surface area contributed by atoms with Gasteiger partial charge < -0.3 is 15.4 Å². The minimum Gasteiger partial charge on any atom is -0.484 e. The Morgan fingerprint density at radius 3 is 2.70 bits per heavy atom. The van der Waals surface area contributed by atoms with Crippen molar-refractivity contribution >= 4 is 23.4 Å². The smallest absolute Gasteiger partial charge is 0.258 e. The summed E-state index contributed by atoms with van der Waals surface area (Å²) in [6.45, 7) is 3.51. The number of aromatic nitrogens is 1. The maximum absolute atomic E-state index is 13.5. The van der Waals surface area contributed by atoms with E-state index in [-0.39, 0.29) is 35.9 Å². The number of nitrogens with one attached hydrogen (secondary N) is 2. The van der Waals surface area contributed by atoms with Crippen LogP contribution in [-0.2, 0) is 4.79 Å². The molecule has 0 fully saturated rings. The van der Waals surface area contributed by atoms with Gasteiger partial charge in [0, 0.05) is 30.9 Å². The number of hydrogen-bond donors (Lipinski definition) is 2. The van der Waals surface area contributed by atoms with E-state index in [0.717, 1.165) is 12.3 Å². The molecule has 2 amide bonds. The average molecular weight is 396 g/mol. The first-order chi connectivity index (χ1) is 12.9. The van der Waals surface area contributed by atoms with Gasteiger partial charge in [-0.05, 0) is 18.2 Å². The molecule has 0 radical (unpaired) electrons. The number of carbonyl (C=O) groups excluding carboxylic acids is 2. The highest BCUT2D eigenvalue weighted by Gasteiger charge is 2.12. The normalized spacial score (nSPS) is 10.2. The summed E-state index contributed by atoms with van der Waals surface area (Å²) in [7, 11) is 0. The van der Waals surface area contributed by atoms with Crippen LogP contribution >= 0.6 is 11.6 Å². The van der Waals surface area contributed by atoms with Crippen molar-refractivity contribution < 1.29 is 23.1 Å². The van der Waals surface area contributed by atoms with Crippen LogP contribution in [0.2, 0.25) is 5.02 Å². The van der Waals surface area contributed by atoms with Gasteiger partial charge in [0.15, 0.2) is 12.4 Å². The molecule has 6 nitrogen and oxygen atoms in total. The highest BCUT2D eigenvalue weighted by molar-refractivity contribution is 6.30. The lowest BCUT2D eigenvalue weighted by molar-refractivity contribution is -0.123. The van der Waals surface area contributed by atoms with Gasteiger partial charge in [0.2, 0.25) is 0 Å². The summed E-state index contributed by atoms with van der Waals surface area (Å²) < 4.78 is 31.9. The topological polar surface area (TPSA) is 80.3 Å². The molecule has 0 aliphatic carbocycles. The molecule has 0 aliphatic rings. The third-order valence-electron chi connectivity index (χ3n) is 3.32. The Balaban J connectivity index is 1.69. The van der Waals surface area contributed by atoms with Crippen LogP contribution in [0.5, 0.6) is 5.75 Å². The number of benzene rings is 1. The van der Waals surface area contributed by atoms with E-state index in [1.54, 1.807) is 0 Å². The van der Waals surface area contributed by atoms with Gasteiger partial charge in [-0.1, -0.05) is 18.2 Å². The lowest BCUT2D eigenvalue weighted by Crippen LogP contribution is -2.31. The molecule has 1 aromatic heterocycles. The van der Waals surface area contributed by atoms with Gasteiger partial charge in [0.05, 0.1) is 16.8 Å². The van der Waals surface area contributed by atoms with Crippen molar-refractivity contribution in [2.45, 2.75) is 6.42 Å². The van der Waals surface area contributed by atoms with E-state index in [2.05, 4.69) is 22.2 Å². The molecule has 2 rings (SSSR count). The zero-order valence-electron chi connectivity index (χ0n) is 14.1. The van der Waals surface area contributed by atoms with E-state index >= 15 is 0 Å². The molecule has 0 unspecified atom stereocenters. The number of carbonyl (C=O) groups is 2. The molecule has 142 valence electrons. The maximum Gasteiger partial charge on any atom is 0.258 e. The van der Waals surface area contributed by atoms with Crippen molar-refractivity contribution in [1.82, 2.24) is 15.6 Å². The standard InChI is InChI=1S/C18H16ClF2N3O3/c1-11(24-18(26)13-5-6-22-9-16(13)21)4-7-23-17(25)10-27-12-2-3-14(19)15(20)8-12/h2-3,5-6,8-9H,1,4,7,10H2,(H,23,25)(H,24,26). The quantitative estimate of drug-likeness (QED) is 0.720. The largest absolute Gasteiger partial charge is 0.484 e. The number of rotatable bonds is 8. The molecule has 0 atom stereocenters. The average Bonchev–Trinajstić information content (AvgIpc) is 2.63. The number of amides is 2. The Labute approximate surface area is 159 Å². The molecule has 27 heavy (non-hydrogen) atoms. The van der Waals surface area contributed by atoms with E-state index in [1.807, 2.05) is 0 Å². The van der Waals surface area contributed by atoms with Gasteiger partial charge >= 0.3 is 0 Å². The van der Waals surface area contributed by atoms with Crippen molar-refractivity contribution in [3.8, 4) is 5.75 Å². The van der Waals surface area contributed by atoms with E-state index in [0.29, 0.717) is 5.70 Å². The summed E-state index contributed by atoms with van der Waals surface area (Å²) in [5.74, 6) is -2.31. The van der Waals surface area contributed by atoms with Crippen LogP contribution in [0.3, 0.4) is 0 Å². The molecule has 0 saturated carbocycles. The second-order valence-electron chi connectivity index (χ2n) is 5.38. The van der Waals surface area contributed by atoms with Crippen molar-refractivity contribution in [3.05, 3.63) is 71.2 Å². The van der Waals surface area contributed by atoms with Crippen LogP contribution in [0.25, 0.3) is 0 Å². The number of nitrogens with zero attached hydrogens (tertiary/aromatic N) is 1. The summed E-state index contributed by atoms with van der Waals surface area (Å²) in [6, 6.07) is 5.08. The fourth-order valence-corrected chi connectivity index (χ4v) is 2.09. The van der Waals surface area contributed by atoms with E-state index in [1.165, 1.54) is 24.4 Å². The molecule has 2 N–H and O–H groups in total.